The Morgan fingerprint density at radius 2 is 2.07 bits per heavy atom. The number of nitrogens with zero attached hydrogens (tertiary/aromatic N) is 1. The molecule has 0 spiro atoms. The minimum atomic E-state index is -0.235. The smallest absolute Gasteiger partial charge is 0.273 e. The van der Waals surface area contributed by atoms with Gasteiger partial charge in [0.05, 0.1) is 12.8 Å². The summed E-state index contributed by atoms with van der Waals surface area (Å²) < 4.78 is 5.44. The first-order valence-corrected chi connectivity index (χ1v) is 9.50. The molecule has 27 heavy (non-hydrogen) atoms. The Balaban J connectivity index is 1.59. The first-order valence-electron chi connectivity index (χ1n) is 8.24. The number of rotatable bonds is 4. The second-order valence-corrected chi connectivity index (χ2v) is 7.33. The van der Waals surface area contributed by atoms with E-state index in [4.69, 9.17) is 16.3 Å². The molecule has 0 aliphatic rings. The fourth-order valence-electron chi connectivity index (χ4n) is 2.84. The number of hydrogen-bond acceptors (Lipinski definition) is 4. The number of aromatic nitrogens is 2. The van der Waals surface area contributed by atoms with E-state index in [9.17, 15) is 4.79 Å². The molecular formula is C20H16ClN3O2S. The van der Waals surface area contributed by atoms with Crippen LogP contribution in [0, 0.1) is 6.92 Å². The summed E-state index contributed by atoms with van der Waals surface area (Å²) in [7, 11) is 1.61. The Kier molecular flexibility index (Phi) is 4.59. The van der Waals surface area contributed by atoms with Crippen molar-refractivity contribution in [3.05, 3.63) is 64.1 Å². The van der Waals surface area contributed by atoms with Crippen LogP contribution in [-0.2, 0) is 0 Å². The van der Waals surface area contributed by atoms with Crippen LogP contribution in [0.15, 0.2) is 47.8 Å². The highest BCUT2D eigenvalue weighted by molar-refractivity contribution is 7.14. The Bertz CT molecular complexity index is 1120. The molecule has 7 heteroatoms. The van der Waals surface area contributed by atoms with Crippen LogP contribution in [0.5, 0.6) is 5.75 Å². The number of benzene rings is 2. The molecule has 2 N–H and O–H groups in total. The average molecular weight is 398 g/mol. The van der Waals surface area contributed by atoms with Crippen molar-refractivity contribution in [1.82, 2.24) is 9.97 Å². The standard InChI is InChI=1S/C20H16ClN3O2S/c1-11-7-18(26-2)13(9-14(11)21)17-10-27-20(23-17)24-19(25)16-8-12-5-3-4-6-15(12)22-16/h3-10,22H,1-2H3,(H,23,24,25). The van der Waals surface area contributed by atoms with Gasteiger partial charge in [-0.15, -0.1) is 11.3 Å². The third-order valence-electron chi connectivity index (χ3n) is 4.26. The van der Waals surface area contributed by atoms with Crippen LogP contribution >= 0.6 is 22.9 Å². The molecule has 4 aromatic rings. The molecule has 1 amide bonds. The van der Waals surface area contributed by atoms with Gasteiger partial charge in [-0.25, -0.2) is 4.98 Å². The number of nitrogens with one attached hydrogen (secondary N) is 2. The Morgan fingerprint density at radius 3 is 2.85 bits per heavy atom. The second kappa shape index (κ2) is 7.06. The van der Waals surface area contributed by atoms with Crippen molar-refractivity contribution in [3.8, 4) is 17.0 Å². The quantitative estimate of drug-likeness (QED) is 0.476. The van der Waals surface area contributed by atoms with Gasteiger partial charge in [-0.1, -0.05) is 29.8 Å². The number of H-pyrrole nitrogens is 1. The van der Waals surface area contributed by atoms with Crippen molar-refractivity contribution in [2.75, 3.05) is 12.4 Å². The van der Waals surface area contributed by atoms with Gasteiger partial charge in [-0.3, -0.25) is 10.1 Å². The molecule has 0 saturated carbocycles. The number of carbonyl (C=O) groups excluding carboxylic acids is 1. The molecule has 5 nitrogen and oxygen atoms in total. The van der Waals surface area contributed by atoms with Crippen LogP contribution in [-0.4, -0.2) is 23.0 Å². The lowest BCUT2D eigenvalue weighted by atomic mass is 10.1. The van der Waals surface area contributed by atoms with Crippen LogP contribution in [0.2, 0.25) is 5.02 Å². The first kappa shape index (κ1) is 17.6. The number of para-hydroxylation sites is 1. The molecule has 0 saturated heterocycles. The van der Waals surface area contributed by atoms with Crippen LogP contribution in [0.4, 0.5) is 5.13 Å². The SMILES string of the molecule is COc1cc(C)c(Cl)cc1-c1csc(NC(=O)c2cc3ccccc3[nH]2)n1. The monoisotopic (exact) mass is 397 g/mol. The van der Waals surface area contributed by atoms with Gasteiger partial charge < -0.3 is 9.72 Å². The van der Waals surface area contributed by atoms with Gasteiger partial charge in [0.15, 0.2) is 5.13 Å². The zero-order chi connectivity index (χ0) is 19.0. The predicted octanol–water partition coefficient (Wildman–Crippen LogP) is 5.51. The van der Waals surface area contributed by atoms with Gasteiger partial charge in [0.2, 0.25) is 0 Å². The zero-order valence-electron chi connectivity index (χ0n) is 14.7. The molecule has 2 heterocycles. The Morgan fingerprint density at radius 1 is 1.26 bits per heavy atom. The van der Waals surface area contributed by atoms with Gasteiger partial charge in [0.25, 0.3) is 5.91 Å². The average Bonchev–Trinajstić information content (AvgIpc) is 3.30. The van der Waals surface area contributed by atoms with Crippen molar-refractivity contribution < 1.29 is 9.53 Å². The molecule has 0 atom stereocenters. The van der Waals surface area contributed by atoms with E-state index >= 15 is 0 Å². The van der Waals surface area contributed by atoms with Gasteiger partial charge in [-0.2, -0.15) is 0 Å². The zero-order valence-corrected chi connectivity index (χ0v) is 16.2. The summed E-state index contributed by atoms with van der Waals surface area (Å²) in [4.78, 5) is 20.2. The van der Waals surface area contributed by atoms with Crippen molar-refractivity contribution in [2.24, 2.45) is 0 Å². The number of thiazole rings is 1. The predicted molar refractivity (Wildman–Crippen MR) is 110 cm³/mol. The molecule has 0 aliphatic heterocycles. The number of aromatic amines is 1. The molecule has 0 aliphatic carbocycles. The third-order valence-corrected chi connectivity index (χ3v) is 5.42. The summed E-state index contributed by atoms with van der Waals surface area (Å²) in [5.41, 5.74) is 3.83. The maximum Gasteiger partial charge on any atom is 0.273 e. The lowest BCUT2D eigenvalue weighted by molar-refractivity contribution is 0.102. The molecule has 4 rings (SSSR count). The topological polar surface area (TPSA) is 67.0 Å². The van der Waals surface area contributed by atoms with Crippen LogP contribution in [0.3, 0.4) is 0 Å². The molecule has 2 aromatic heterocycles. The number of aryl methyl sites for hydroxylation is 1. The lowest BCUT2D eigenvalue weighted by Gasteiger charge is -2.09. The number of halogens is 1. The lowest BCUT2D eigenvalue weighted by Crippen LogP contribution is -2.11. The number of hydrogen-bond donors (Lipinski definition) is 2. The summed E-state index contributed by atoms with van der Waals surface area (Å²) >= 11 is 7.60. The van der Waals surface area contributed by atoms with Crippen LogP contribution in [0.1, 0.15) is 16.1 Å². The van der Waals surface area contributed by atoms with E-state index in [2.05, 4.69) is 15.3 Å². The number of amides is 1. The molecule has 0 bridgehead atoms. The van der Waals surface area contributed by atoms with Crippen LogP contribution in [0.25, 0.3) is 22.2 Å². The number of anilines is 1. The molecule has 0 fully saturated rings. The van der Waals surface area contributed by atoms with E-state index in [1.54, 1.807) is 7.11 Å². The first-order chi connectivity index (χ1) is 13.0. The van der Waals surface area contributed by atoms with Gasteiger partial charge >= 0.3 is 0 Å². The fraction of sp³-hybridized carbons (Fsp3) is 0.100. The number of ether oxygens (including phenoxy) is 1. The molecule has 0 unspecified atom stereocenters. The van der Waals surface area contributed by atoms with E-state index in [0.717, 1.165) is 22.0 Å². The van der Waals surface area contributed by atoms with Crippen molar-refractivity contribution in [2.45, 2.75) is 6.92 Å². The maximum absolute atomic E-state index is 12.5. The normalized spacial score (nSPS) is 10.9. The largest absolute Gasteiger partial charge is 0.496 e. The summed E-state index contributed by atoms with van der Waals surface area (Å²) in [6, 6.07) is 13.3. The minimum absolute atomic E-state index is 0.235. The van der Waals surface area contributed by atoms with E-state index in [0.29, 0.717) is 27.3 Å². The Labute approximate surface area is 165 Å². The number of fused-ring (bicyclic) bond motifs is 1. The summed E-state index contributed by atoms with van der Waals surface area (Å²) in [6.07, 6.45) is 0. The number of methoxy groups -OCH3 is 1. The molecule has 0 radical (unpaired) electrons. The van der Waals surface area contributed by atoms with Gasteiger partial charge in [-0.05, 0) is 36.8 Å². The van der Waals surface area contributed by atoms with Crippen molar-refractivity contribution in [3.63, 3.8) is 0 Å². The van der Waals surface area contributed by atoms with Gasteiger partial charge in [0, 0.05) is 26.9 Å². The molecule has 136 valence electrons. The Hall–Kier alpha value is -2.83. The van der Waals surface area contributed by atoms with E-state index < -0.39 is 0 Å². The van der Waals surface area contributed by atoms with E-state index in [1.165, 1.54) is 11.3 Å². The highest BCUT2D eigenvalue weighted by atomic mass is 35.5. The summed E-state index contributed by atoms with van der Waals surface area (Å²) in [5, 5.41) is 6.84. The summed E-state index contributed by atoms with van der Waals surface area (Å²) in [6.45, 7) is 1.92. The highest BCUT2D eigenvalue weighted by Gasteiger charge is 2.15. The van der Waals surface area contributed by atoms with E-state index in [1.807, 2.05) is 54.8 Å². The highest BCUT2D eigenvalue weighted by Crippen LogP contribution is 2.36. The van der Waals surface area contributed by atoms with Gasteiger partial charge in [0.1, 0.15) is 11.4 Å². The second-order valence-electron chi connectivity index (χ2n) is 6.06. The summed E-state index contributed by atoms with van der Waals surface area (Å²) in [5.74, 6) is 0.455. The maximum atomic E-state index is 12.5. The van der Waals surface area contributed by atoms with Crippen molar-refractivity contribution in [1.29, 1.82) is 0 Å². The third kappa shape index (κ3) is 3.41. The van der Waals surface area contributed by atoms with Crippen LogP contribution < -0.4 is 10.1 Å². The molecule has 2 aromatic carbocycles. The minimum Gasteiger partial charge on any atom is -0.496 e. The fourth-order valence-corrected chi connectivity index (χ4v) is 3.71. The molecular weight excluding hydrogens is 382 g/mol. The number of carbonyl (C=O) groups is 1. The van der Waals surface area contributed by atoms with Crippen molar-refractivity contribution >= 4 is 44.9 Å². The van der Waals surface area contributed by atoms with E-state index in [-0.39, 0.29) is 5.91 Å².